The first-order chi connectivity index (χ1) is 8.13. The third-order valence-electron chi connectivity index (χ3n) is 3.27. The van der Waals surface area contributed by atoms with Crippen LogP contribution in [0.3, 0.4) is 0 Å². The molecule has 94 valence electrons. The van der Waals surface area contributed by atoms with Gasteiger partial charge in [0.05, 0.1) is 0 Å². The lowest BCUT2D eigenvalue weighted by atomic mass is 10.2. The molecule has 1 atom stereocenters. The van der Waals surface area contributed by atoms with E-state index >= 15 is 0 Å². The van der Waals surface area contributed by atoms with Gasteiger partial charge in [0.25, 0.3) is 5.91 Å². The van der Waals surface area contributed by atoms with Gasteiger partial charge < -0.3 is 14.8 Å². The lowest BCUT2D eigenvalue weighted by molar-refractivity contribution is 0.0727. The van der Waals surface area contributed by atoms with Crippen LogP contribution in [0, 0.1) is 0 Å². The van der Waals surface area contributed by atoms with Gasteiger partial charge in [-0.15, -0.1) is 0 Å². The summed E-state index contributed by atoms with van der Waals surface area (Å²) < 4.78 is 2.83. The van der Waals surface area contributed by atoms with Crippen LogP contribution in [0.1, 0.15) is 23.3 Å². The number of hydrogen-bond donors (Lipinski definition) is 1. The second-order valence-corrected chi connectivity index (χ2v) is 5.42. The Kier molecular flexibility index (Phi) is 3.89. The zero-order valence-electron chi connectivity index (χ0n) is 10.2. The molecular weight excluding hydrogens is 282 g/mol. The molecule has 17 heavy (non-hydrogen) atoms. The number of aromatic nitrogens is 1. The van der Waals surface area contributed by atoms with Crippen LogP contribution in [0.4, 0.5) is 0 Å². The monoisotopic (exact) mass is 299 g/mol. The highest BCUT2D eigenvalue weighted by molar-refractivity contribution is 9.10. The Bertz CT molecular complexity index is 416. The molecule has 0 spiro atoms. The zero-order valence-corrected chi connectivity index (χ0v) is 11.8. The molecule has 0 radical (unpaired) electrons. The first-order valence-electron chi connectivity index (χ1n) is 5.91. The summed E-state index contributed by atoms with van der Waals surface area (Å²) in [5.74, 6) is 0.135. The molecule has 1 amide bonds. The summed E-state index contributed by atoms with van der Waals surface area (Å²) in [5, 5.41) is 3.16. The summed E-state index contributed by atoms with van der Waals surface area (Å²) >= 11 is 3.40. The molecule has 0 aromatic carbocycles. The van der Waals surface area contributed by atoms with E-state index in [0.29, 0.717) is 6.04 Å². The molecule has 1 aromatic heterocycles. The molecule has 2 rings (SSSR count). The highest BCUT2D eigenvalue weighted by Gasteiger charge is 2.29. The van der Waals surface area contributed by atoms with Crippen LogP contribution in [-0.2, 0) is 7.05 Å². The van der Waals surface area contributed by atoms with E-state index in [1.165, 1.54) is 0 Å². The summed E-state index contributed by atoms with van der Waals surface area (Å²) in [6.07, 6.45) is 4.11. The van der Waals surface area contributed by atoms with Crippen molar-refractivity contribution in [1.29, 1.82) is 0 Å². The zero-order chi connectivity index (χ0) is 12.4. The quantitative estimate of drug-likeness (QED) is 0.921. The number of rotatable bonds is 3. The molecule has 1 aromatic rings. The maximum absolute atomic E-state index is 12.4. The molecule has 1 saturated heterocycles. The average molecular weight is 300 g/mol. The molecule has 1 aliphatic heterocycles. The Hall–Kier alpha value is -0.810. The van der Waals surface area contributed by atoms with Crippen LogP contribution in [-0.4, -0.2) is 41.6 Å². The summed E-state index contributed by atoms with van der Waals surface area (Å²) in [5.41, 5.74) is 0.750. The van der Waals surface area contributed by atoms with Crippen molar-refractivity contribution in [2.24, 2.45) is 7.05 Å². The Morgan fingerprint density at radius 2 is 2.41 bits per heavy atom. The van der Waals surface area contributed by atoms with E-state index < -0.39 is 0 Å². The van der Waals surface area contributed by atoms with E-state index in [9.17, 15) is 4.79 Å². The Morgan fingerprint density at radius 1 is 1.65 bits per heavy atom. The Morgan fingerprint density at radius 3 is 3.00 bits per heavy atom. The maximum Gasteiger partial charge on any atom is 0.270 e. The number of nitrogens with one attached hydrogen (secondary N) is 1. The largest absolute Gasteiger partial charge is 0.345 e. The predicted molar refractivity (Wildman–Crippen MR) is 71.1 cm³/mol. The smallest absolute Gasteiger partial charge is 0.270 e. The Balaban J connectivity index is 2.16. The third kappa shape index (κ3) is 2.55. The van der Waals surface area contributed by atoms with E-state index in [-0.39, 0.29) is 5.91 Å². The van der Waals surface area contributed by atoms with Crippen molar-refractivity contribution in [2.75, 3.05) is 20.1 Å². The number of nitrogens with zero attached hydrogens (tertiary/aromatic N) is 2. The minimum atomic E-state index is 0.135. The number of hydrogen-bond acceptors (Lipinski definition) is 2. The molecule has 1 fully saturated rings. The number of likely N-dealkylation sites (tertiary alicyclic amines) is 1. The topological polar surface area (TPSA) is 37.3 Å². The van der Waals surface area contributed by atoms with Gasteiger partial charge in [-0.25, -0.2) is 0 Å². The van der Waals surface area contributed by atoms with E-state index in [1.54, 1.807) is 0 Å². The third-order valence-corrected chi connectivity index (χ3v) is 3.70. The second-order valence-electron chi connectivity index (χ2n) is 4.51. The second kappa shape index (κ2) is 5.23. The lowest BCUT2D eigenvalue weighted by Crippen LogP contribution is -2.41. The van der Waals surface area contributed by atoms with Crippen LogP contribution < -0.4 is 5.32 Å². The van der Waals surface area contributed by atoms with Crippen molar-refractivity contribution < 1.29 is 4.79 Å². The molecule has 4 nitrogen and oxygen atoms in total. The lowest BCUT2D eigenvalue weighted by Gasteiger charge is -2.24. The van der Waals surface area contributed by atoms with Gasteiger partial charge in [0.15, 0.2) is 0 Å². The molecule has 0 saturated carbocycles. The van der Waals surface area contributed by atoms with Crippen LogP contribution in [0.2, 0.25) is 0 Å². The summed E-state index contributed by atoms with van der Waals surface area (Å²) in [6, 6.07) is 2.22. The van der Waals surface area contributed by atoms with E-state index in [0.717, 1.165) is 36.1 Å². The van der Waals surface area contributed by atoms with Gasteiger partial charge in [0.1, 0.15) is 5.69 Å². The van der Waals surface area contributed by atoms with Gasteiger partial charge in [0.2, 0.25) is 0 Å². The predicted octanol–water partition coefficient (Wildman–Crippen LogP) is 1.61. The van der Waals surface area contributed by atoms with Crippen LogP contribution in [0.5, 0.6) is 0 Å². The highest BCUT2D eigenvalue weighted by Crippen LogP contribution is 2.21. The van der Waals surface area contributed by atoms with Gasteiger partial charge in [-0.05, 0) is 41.9 Å². The number of halogens is 1. The molecule has 0 bridgehead atoms. The van der Waals surface area contributed by atoms with Gasteiger partial charge in [-0.1, -0.05) is 0 Å². The minimum Gasteiger partial charge on any atom is -0.345 e. The van der Waals surface area contributed by atoms with Crippen molar-refractivity contribution in [3.63, 3.8) is 0 Å². The van der Waals surface area contributed by atoms with Gasteiger partial charge >= 0.3 is 0 Å². The fourth-order valence-corrected chi connectivity index (χ4v) is 2.96. The average Bonchev–Trinajstić information content (AvgIpc) is 2.85. The molecule has 1 aliphatic rings. The van der Waals surface area contributed by atoms with Crippen LogP contribution in [0.15, 0.2) is 16.7 Å². The van der Waals surface area contributed by atoms with Crippen molar-refractivity contribution in [1.82, 2.24) is 14.8 Å². The molecule has 5 heteroatoms. The summed E-state index contributed by atoms with van der Waals surface area (Å²) in [6.45, 7) is 1.74. The minimum absolute atomic E-state index is 0.135. The Labute approximate surface area is 110 Å². The molecule has 0 aliphatic carbocycles. The van der Waals surface area contributed by atoms with E-state index in [1.807, 2.05) is 35.8 Å². The van der Waals surface area contributed by atoms with Crippen molar-refractivity contribution in [2.45, 2.75) is 18.9 Å². The number of likely N-dealkylation sites (N-methyl/N-ethyl adjacent to an activating group) is 1. The van der Waals surface area contributed by atoms with Gasteiger partial charge in [-0.2, -0.15) is 0 Å². The fraction of sp³-hybridized carbons (Fsp3) is 0.583. The number of carbonyl (C=O) groups excluding carboxylic acids is 1. The summed E-state index contributed by atoms with van der Waals surface area (Å²) in [7, 11) is 3.83. The SMILES string of the molecule is CNCC1CCCN1C(=O)c1cc(Br)cn1C. The number of aryl methyl sites for hydroxylation is 1. The number of carbonyl (C=O) groups is 1. The molecular formula is C12H18BrN3O. The summed E-state index contributed by atoms with van der Waals surface area (Å²) in [4.78, 5) is 14.4. The van der Waals surface area contributed by atoms with E-state index in [4.69, 9.17) is 0 Å². The number of amides is 1. The van der Waals surface area contributed by atoms with Gasteiger partial charge in [0, 0.05) is 36.8 Å². The maximum atomic E-state index is 12.4. The normalized spacial score (nSPS) is 19.9. The van der Waals surface area contributed by atoms with Crippen molar-refractivity contribution in [3.8, 4) is 0 Å². The molecule has 2 heterocycles. The van der Waals surface area contributed by atoms with Crippen molar-refractivity contribution >= 4 is 21.8 Å². The fourth-order valence-electron chi connectivity index (χ4n) is 2.43. The van der Waals surface area contributed by atoms with Crippen molar-refractivity contribution in [3.05, 3.63) is 22.4 Å². The highest BCUT2D eigenvalue weighted by atomic mass is 79.9. The van der Waals surface area contributed by atoms with Gasteiger partial charge in [-0.3, -0.25) is 4.79 Å². The van der Waals surface area contributed by atoms with E-state index in [2.05, 4.69) is 21.2 Å². The van der Waals surface area contributed by atoms with Crippen LogP contribution in [0.25, 0.3) is 0 Å². The van der Waals surface area contributed by atoms with Crippen LogP contribution >= 0.6 is 15.9 Å². The molecule has 1 unspecified atom stereocenters. The molecule has 1 N–H and O–H groups in total. The first kappa shape index (κ1) is 12.6. The first-order valence-corrected chi connectivity index (χ1v) is 6.70. The standard InChI is InChI=1S/C12H18BrN3O/c1-14-7-10-4-3-5-16(10)12(17)11-6-9(13)8-15(11)2/h6,8,10,14H,3-5,7H2,1-2H3.